The summed E-state index contributed by atoms with van der Waals surface area (Å²) in [5.41, 5.74) is 1.05. The number of hydrogen-bond donors (Lipinski definition) is 1. The molecule has 0 spiro atoms. The number of rotatable bonds is 4. The Hall–Kier alpha value is -1.92. The first-order valence-corrected chi connectivity index (χ1v) is 9.07. The van der Waals surface area contributed by atoms with E-state index in [9.17, 15) is 12.8 Å². The number of sulfonamides is 1. The highest BCUT2D eigenvalue weighted by atomic mass is 32.2. The molecule has 2 aromatic rings. The number of nitrogens with zero attached hydrogens (tertiary/aromatic N) is 1. The van der Waals surface area contributed by atoms with E-state index in [4.69, 9.17) is 0 Å². The van der Waals surface area contributed by atoms with Gasteiger partial charge in [-0.1, -0.05) is 18.2 Å². The van der Waals surface area contributed by atoms with Crippen molar-refractivity contribution in [3.63, 3.8) is 0 Å². The average molecular weight is 334 g/mol. The van der Waals surface area contributed by atoms with Crippen molar-refractivity contribution < 1.29 is 12.8 Å². The number of piperidine rings is 1. The van der Waals surface area contributed by atoms with Crippen molar-refractivity contribution in [3.05, 3.63) is 60.4 Å². The van der Waals surface area contributed by atoms with Gasteiger partial charge in [0.25, 0.3) is 0 Å². The molecule has 2 aromatic carbocycles. The highest BCUT2D eigenvalue weighted by Gasteiger charge is 2.29. The number of anilines is 1. The fraction of sp³-hybridized carbons (Fsp3) is 0.294. The molecule has 1 heterocycles. The Kier molecular flexibility index (Phi) is 4.63. The van der Waals surface area contributed by atoms with Crippen LogP contribution < -0.4 is 5.32 Å². The zero-order valence-electron chi connectivity index (χ0n) is 12.7. The topological polar surface area (TPSA) is 49.4 Å². The Bertz CT molecular complexity index is 740. The standard InChI is InChI=1S/C17H19FN2O2S/c18-14-6-8-17(9-7-14)23(21,22)20-12-10-16(11-13-20)19-15-4-2-1-3-5-15/h1-9,16,19H,10-13H2. The van der Waals surface area contributed by atoms with E-state index < -0.39 is 15.8 Å². The predicted molar refractivity (Wildman–Crippen MR) is 88.2 cm³/mol. The van der Waals surface area contributed by atoms with Crippen molar-refractivity contribution in [2.75, 3.05) is 18.4 Å². The minimum atomic E-state index is -3.54. The van der Waals surface area contributed by atoms with Gasteiger partial charge in [0.1, 0.15) is 5.82 Å². The van der Waals surface area contributed by atoms with Crippen LogP contribution in [-0.2, 0) is 10.0 Å². The number of halogens is 1. The van der Waals surface area contributed by atoms with Crippen LogP contribution in [0.4, 0.5) is 10.1 Å². The normalized spacial score (nSPS) is 17.1. The molecule has 3 rings (SSSR count). The van der Waals surface area contributed by atoms with Crippen LogP contribution in [0.3, 0.4) is 0 Å². The van der Waals surface area contributed by atoms with Crippen molar-refractivity contribution >= 4 is 15.7 Å². The van der Waals surface area contributed by atoms with E-state index in [1.807, 2.05) is 30.3 Å². The summed E-state index contributed by atoms with van der Waals surface area (Å²) in [5, 5.41) is 3.43. The largest absolute Gasteiger partial charge is 0.382 e. The van der Waals surface area contributed by atoms with Gasteiger partial charge < -0.3 is 5.32 Å². The minimum Gasteiger partial charge on any atom is -0.382 e. The molecule has 0 unspecified atom stereocenters. The summed E-state index contributed by atoms with van der Waals surface area (Å²) in [6.07, 6.45) is 1.49. The molecule has 1 aliphatic rings. The average Bonchev–Trinajstić information content (AvgIpc) is 2.57. The Morgan fingerprint density at radius 3 is 2.17 bits per heavy atom. The second kappa shape index (κ2) is 6.68. The molecular weight excluding hydrogens is 315 g/mol. The Morgan fingerprint density at radius 2 is 1.57 bits per heavy atom. The molecule has 0 bridgehead atoms. The zero-order chi connectivity index (χ0) is 16.3. The van der Waals surface area contributed by atoms with Gasteiger partial charge in [0.05, 0.1) is 4.90 Å². The van der Waals surface area contributed by atoms with E-state index in [1.165, 1.54) is 28.6 Å². The molecule has 1 N–H and O–H groups in total. The molecule has 122 valence electrons. The van der Waals surface area contributed by atoms with Crippen molar-refractivity contribution in [2.45, 2.75) is 23.8 Å². The summed E-state index contributed by atoms with van der Waals surface area (Å²) < 4.78 is 39.5. The lowest BCUT2D eigenvalue weighted by molar-refractivity contribution is 0.329. The van der Waals surface area contributed by atoms with Crippen LogP contribution in [0.1, 0.15) is 12.8 Å². The second-order valence-electron chi connectivity index (χ2n) is 5.64. The minimum absolute atomic E-state index is 0.147. The summed E-state index contributed by atoms with van der Waals surface area (Å²) >= 11 is 0. The van der Waals surface area contributed by atoms with Gasteiger partial charge in [-0.2, -0.15) is 4.31 Å². The second-order valence-corrected chi connectivity index (χ2v) is 7.58. The fourth-order valence-electron chi connectivity index (χ4n) is 2.77. The van der Waals surface area contributed by atoms with Gasteiger partial charge in [-0.3, -0.25) is 0 Å². The lowest BCUT2D eigenvalue weighted by Crippen LogP contribution is -2.42. The summed E-state index contributed by atoms with van der Waals surface area (Å²) in [6.45, 7) is 0.925. The lowest BCUT2D eigenvalue weighted by Gasteiger charge is -2.32. The van der Waals surface area contributed by atoms with Gasteiger partial charge in [-0.15, -0.1) is 0 Å². The molecule has 0 amide bonds. The maximum absolute atomic E-state index is 13.0. The maximum atomic E-state index is 13.0. The van der Waals surface area contributed by atoms with Crippen LogP contribution in [-0.4, -0.2) is 31.9 Å². The molecule has 0 radical (unpaired) electrons. The molecule has 6 heteroatoms. The van der Waals surface area contributed by atoms with E-state index >= 15 is 0 Å². The van der Waals surface area contributed by atoms with Crippen LogP contribution in [0.25, 0.3) is 0 Å². The van der Waals surface area contributed by atoms with Crippen LogP contribution in [0.15, 0.2) is 59.5 Å². The number of nitrogens with one attached hydrogen (secondary N) is 1. The smallest absolute Gasteiger partial charge is 0.243 e. The molecule has 1 aliphatic heterocycles. The SMILES string of the molecule is O=S(=O)(c1ccc(F)cc1)N1CCC(Nc2ccccc2)CC1. The van der Waals surface area contributed by atoms with Gasteiger partial charge in [0.2, 0.25) is 10.0 Å². The third kappa shape index (κ3) is 3.71. The molecule has 1 fully saturated rings. The molecule has 0 saturated carbocycles. The van der Waals surface area contributed by atoms with Crippen LogP contribution in [0.5, 0.6) is 0 Å². The van der Waals surface area contributed by atoms with Gasteiger partial charge in [-0.25, -0.2) is 12.8 Å². The van der Waals surface area contributed by atoms with E-state index in [0.717, 1.165) is 18.5 Å². The monoisotopic (exact) mass is 334 g/mol. The summed E-state index contributed by atoms with van der Waals surface area (Å²) in [4.78, 5) is 0.147. The third-order valence-electron chi connectivity index (χ3n) is 4.05. The molecular formula is C17H19FN2O2S. The van der Waals surface area contributed by atoms with Crippen LogP contribution >= 0.6 is 0 Å². The molecule has 0 aliphatic carbocycles. The van der Waals surface area contributed by atoms with Crippen molar-refractivity contribution in [2.24, 2.45) is 0 Å². The quantitative estimate of drug-likeness (QED) is 0.935. The summed E-state index contributed by atoms with van der Waals surface area (Å²) in [5.74, 6) is -0.435. The fourth-order valence-corrected chi connectivity index (χ4v) is 4.24. The molecule has 4 nitrogen and oxygen atoms in total. The highest BCUT2D eigenvalue weighted by molar-refractivity contribution is 7.89. The Balaban J connectivity index is 1.63. The Labute approximate surface area is 136 Å². The van der Waals surface area contributed by atoms with Gasteiger partial charge >= 0.3 is 0 Å². The van der Waals surface area contributed by atoms with Gasteiger partial charge in [0, 0.05) is 24.8 Å². The first-order chi connectivity index (χ1) is 11.1. The maximum Gasteiger partial charge on any atom is 0.243 e. The van der Waals surface area contributed by atoms with Crippen molar-refractivity contribution in [1.82, 2.24) is 4.31 Å². The molecule has 23 heavy (non-hydrogen) atoms. The number of benzene rings is 2. The van der Waals surface area contributed by atoms with Gasteiger partial charge in [0.15, 0.2) is 0 Å². The van der Waals surface area contributed by atoms with Crippen molar-refractivity contribution in [3.8, 4) is 0 Å². The van der Waals surface area contributed by atoms with Crippen molar-refractivity contribution in [1.29, 1.82) is 0 Å². The summed E-state index contributed by atoms with van der Waals surface area (Å²) in [7, 11) is -3.54. The highest BCUT2D eigenvalue weighted by Crippen LogP contribution is 2.22. The van der Waals surface area contributed by atoms with E-state index in [-0.39, 0.29) is 10.9 Å². The van der Waals surface area contributed by atoms with Gasteiger partial charge in [-0.05, 0) is 49.2 Å². The van der Waals surface area contributed by atoms with E-state index in [0.29, 0.717) is 13.1 Å². The molecule has 1 saturated heterocycles. The summed E-state index contributed by atoms with van der Waals surface area (Å²) in [6, 6.07) is 15.2. The van der Waals surface area contributed by atoms with E-state index in [2.05, 4.69) is 5.32 Å². The number of para-hydroxylation sites is 1. The molecule has 0 atom stereocenters. The van der Waals surface area contributed by atoms with E-state index in [1.54, 1.807) is 0 Å². The molecule has 0 aromatic heterocycles. The third-order valence-corrected chi connectivity index (χ3v) is 5.96. The van der Waals surface area contributed by atoms with Crippen LogP contribution in [0.2, 0.25) is 0 Å². The first-order valence-electron chi connectivity index (χ1n) is 7.63. The lowest BCUT2D eigenvalue weighted by atomic mass is 10.1. The number of hydrogen-bond acceptors (Lipinski definition) is 3. The Morgan fingerprint density at radius 1 is 0.957 bits per heavy atom. The van der Waals surface area contributed by atoms with Crippen LogP contribution in [0, 0.1) is 5.82 Å². The zero-order valence-corrected chi connectivity index (χ0v) is 13.5. The predicted octanol–water partition coefficient (Wildman–Crippen LogP) is 3.09. The first kappa shape index (κ1) is 16.0.